The molecule has 0 N–H and O–H groups in total. The number of nitrogens with zero attached hydrogens (tertiary/aromatic N) is 1. The van der Waals surface area contributed by atoms with E-state index in [1.807, 2.05) is 0 Å². The molecule has 0 radical (unpaired) electrons. The first-order valence-electron chi connectivity index (χ1n) is 5.63. The van der Waals surface area contributed by atoms with Crippen LogP contribution in [0.3, 0.4) is 0 Å². The standard InChI is InChI=1S/C9H17NO4/c1-7(11)14-8(5-9(12)13)6-10(2,3)4/h8H,5-6H2,1-4H3/i1D3. The van der Waals surface area contributed by atoms with E-state index < -0.39 is 31.3 Å². The molecule has 0 amide bonds. The molecule has 0 aromatic heterocycles. The first-order chi connectivity index (χ1) is 7.42. The van der Waals surface area contributed by atoms with Crippen molar-refractivity contribution in [3.05, 3.63) is 0 Å². The van der Waals surface area contributed by atoms with E-state index in [0.29, 0.717) is 4.48 Å². The molecule has 0 aliphatic carbocycles. The molecule has 0 aromatic rings. The Hall–Kier alpha value is -1.10. The Morgan fingerprint density at radius 3 is 2.43 bits per heavy atom. The Morgan fingerprint density at radius 2 is 2.07 bits per heavy atom. The highest BCUT2D eigenvalue weighted by atomic mass is 16.5. The predicted octanol–water partition coefficient (Wildman–Crippen LogP) is -1.24. The lowest BCUT2D eigenvalue weighted by atomic mass is 10.2. The molecule has 0 aliphatic heterocycles. The quantitative estimate of drug-likeness (QED) is 0.417. The summed E-state index contributed by atoms with van der Waals surface area (Å²) in [6.45, 7) is -2.69. The Morgan fingerprint density at radius 1 is 1.50 bits per heavy atom. The largest absolute Gasteiger partial charge is 0.550 e. The lowest BCUT2D eigenvalue weighted by molar-refractivity contribution is -0.873. The number of hydrogen-bond acceptors (Lipinski definition) is 4. The van der Waals surface area contributed by atoms with E-state index in [9.17, 15) is 14.7 Å². The van der Waals surface area contributed by atoms with Crippen molar-refractivity contribution >= 4 is 11.9 Å². The van der Waals surface area contributed by atoms with Crippen molar-refractivity contribution in [3.8, 4) is 0 Å². The van der Waals surface area contributed by atoms with Crippen LogP contribution < -0.4 is 5.11 Å². The second-order valence-electron chi connectivity index (χ2n) is 4.08. The zero-order valence-electron chi connectivity index (χ0n) is 11.6. The fourth-order valence-electron chi connectivity index (χ4n) is 1.09. The third kappa shape index (κ3) is 7.54. The number of carbonyl (C=O) groups excluding carboxylic acids is 2. The first-order valence-corrected chi connectivity index (χ1v) is 4.13. The smallest absolute Gasteiger partial charge is 0.303 e. The van der Waals surface area contributed by atoms with Crippen molar-refractivity contribution in [1.82, 2.24) is 0 Å². The number of hydrogen-bond donors (Lipinski definition) is 0. The summed E-state index contributed by atoms with van der Waals surface area (Å²) >= 11 is 0. The molecule has 0 spiro atoms. The fourth-order valence-corrected chi connectivity index (χ4v) is 1.09. The van der Waals surface area contributed by atoms with E-state index in [0.717, 1.165) is 0 Å². The van der Waals surface area contributed by atoms with Crippen LogP contribution in [0.2, 0.25) is 0 Å². The van der Waals surface area contributed by atoms with Crippen LogP contribution >= 0.6 is 0 Å². The van der Waals surface area contributed by atoms with Gasteiger partial charge in [-0.2, -0.15) is 0 Å². The van der Waals surface area contributed by atoms with Gasteiger partial charge in [0.05, 0.1) is 21.1 Å². The molecule has 14 heavy (non-hydrogen) atoms. The molecular formula is C9H17NO4. The second kappa shape index (κ2) is 4.95. The van der Waals surface area contributed by atoms with Crippen LogP contribution in [0.1, 0.15) is 17.4 Å². The van der Waals surface area contributed by atoms with Gasteiger partial charge in [0, 0.05) is 23.4 Å². The van der Waals surface area contributed by atoms with Crippen molar-refractivity contribution < 1.29 is 28.0 Å². The molecular weight excluding hydrogens is 186 g/mol. The maximum absolute atomic E-state index is 11.1. The zero-order chi connectivity index (χ0) is 13.9. The number of aliphatic carboxylic acids is 1. The van der Waals surface area contributed by atoms with Gasteiger partial charge in [0.25, 0.3) is 0 Å². The summed E-state index contributed by atoms with van der Waals surface area (Å²) in [4.78, 5) is 21.6. The third-order valence-corrected chi connectivity index (χ3v) is 1.42. The van der Waals surface area contributed by atoms with Crippen molar-refractivity contribution in [2.24, 2.45) is 0 Å². The number of carboxylic acids is 1. The molecule has 0 fully saturated rings. The van der Waals surface area contributed by atoms with Crippen LogP contribution in [0.25, 0.3) is 0 Å². The van der Waals surface area contributed by atoms with Gasteiger partial charge in [0.2, 0.25) is 0 Å². The summed E-state index contributed by atoms with van der Waals surface area (Å²) in [7, 11) is 5.31. The average Bonchev–Trinajstić information content (AvgIpc) is 1.96. The summed E-state index contributed by atoms with van der Waals surface area (Å²) in [6.07, 6.45) is -1.52. The van der Waals surface area contributed by atoms with Crippen LogP contribution in [0.5, 0.6) is 0 Å². The topological polar surface area (TPSA) is 66.4 Å². The number of carboxylic acid groups (broad SMARTS) is 1. The van der Waals surface area contributed by atoms with Crippen molar-refractivity contribution in [3.63, 3.8) is 0 Å². The number of esters is 1. The van der Waals surface area contributed by atoms with Gasteiger partial charge >= 0.3 is 5.97 Å². The molecule has 1 atom stereocenters. The number of rotatable bonds is 5. The highest BCUT2D eigenvalue weighted by molar-refractivity contribution is 5.68. The third-order valence-electron chi connectivity index (χ3n) is 1.42. The molecule has 0 rings (SSSR count). The first kappa shape index (κ1) is 8.23. The van der Waals surface area contributed by atoms with Gasteiger partial charge in [-0.25, -0.2) is 0 Å². The summed E-state index contributed by atoms with van der Waals surface area (Å²) in [6, 6.07) is 0. The Kier molecular flexibility index (Phi) is 2.91. The van der Waals surface area contributed by atoms with Gasteiger partial charge in [-0.05, 0) is 0 Å². The molecule has 0 aliphatic rings. The van der Waals surface area contributed by atoms with Gasteiger partial charge < -0.3 is 19.1 Å². The average molecular weight is 206 g/mol. The highest BCUT2D eigenvalue weighted by Gasteiger charge is 2.20. The van der Waals surface area contributed by atoms with Gasteiger partial charge in [-0.3, -0.25) is 4.79 Å². The minimum atomic E-state index is -2.88. The van der Waals surface area contributed by atoms with E-state index in [1.54, 1.807) is 21.1 Å². The Bertz CT molecular complexity index is 296. The molecule has 0 bridgehead atoms. The van der Waals surface area contributed by atoms with E-state index in [-0.39, 0.29) is 6.54 Å². The summed E-state index contributed by atoms with van der Waals surface area (Å²) in [5.74, 6) is -2.78. The zero-order valence-corrected chi connectivity index (χ0v) is 8.57. The van der Waals surface area contributed by atoms with Crippen molar-refractivity contribution in [2.45, 2.75) is 19.4 Å². The van der Waals surface area contributed by atoms with Crippen LogP contribution in [0.4, 0.5) is 0 Å². The number of likely N-dealkylation sites (N-methyl/N-ethyl adjacent to an activating group) is 1. The number of carbonyl (C=O) groups is 2. The summed E-state index contributed by atoms with van der Waals surface area (Å²) in [5.41, 5.74) is 0. The van der Waals surface area contributed by atoms with Gasteiger partial charge in [0.15, 0.2) is 6.10 Å². The molecule has 5 heteroatoms. The predicted molar refractivity (Wildman–Crippen MR) is 48.1 cm³/mol. The Labute approximate surface area is 88.1 Å². The van der Waals surface area contributed by atoms with E-state index in [2.05, 4.69) is 4.74 Å². The maximum atomic E-state index is 11.1. The molecule has 1 unspecified atom stereocenters. The van der Waals surface area contributed by atoms with Crippen LogP contribution in [0.15, 0.2) is 0 Å². The fraction of sp³-hybridized carbons (Fsp3) is 0.778. The minimum absolute atomic E-state index is 0.190. The summed E-state index contributed by atoms with van der Waals surface area (Å²) in [5, 5.41) is 10.5. The Balaban J connectivity index is 4.60. The van der Waals surface area contributed by atoms with E-state index in [1.165, 1.54) is 0 Å². The SMILES string of the molecule is [2H]C([2H])([2H])C(=O)OC(CC(=O)[O-])C[N+](C)(C)C. The van der Waals surface area contributed by atoms with Crippen molar-refractivity contribution in [1.29, 1.82) is 0 Å². The maximum Gasteiger partial charge on any atom is 0.303 e. The van der Waals surface area contributed by atoms with Crippen molar-refractivity contribution in [2.75, 3.05) is 27.7 Å². The molecule has 0 aromatic carbocycles. The summed E-state index contributed by atoms with van der Waals surface area (Å²) < 4.78 is 25.5. The molecule has 5 nitrogen and oxygen atoms in total. The lowest BCUT2D eigenvalue weighted by Gasteiger charge is -2.28. The van der Waals surface area contributed by atoms with Crippen LogP contribution in [-0.2, 0) is 14.3 Å². The van der Waals surface area contributed by atoms with Crippen LogP contribution in [-0.4, -0.2) is 50.2 Å². The van der Waals surface area contributed by atoms with Crippen LogP contribution in [0, 0.1) is 0 Å². The molecule has 0 saturated carbocycles. The van der Waals surface area contributed by atoms with Gasteiger partial charge in [-0.15, -0.1) is 0 Å². The molecule has 0 saturated heterocycles. The van der Waals surface area contributed by atoms with Gasteiger partial charge in [-0.1, -0.05) is 0 Å². The van der Waals surface area contributed by atoms with Gasteiger partial charge in [0.1, 0.15) is 6.54 Å². The minimum Gasteiger partial charge on any atom is -0.550 e. The molecule has 0 heterocycles. The van der Waals surface area contributed by atoms with E-state index >= 15 is 0 Å². The second-order valence-corrected chi connectivity index (χ2v) is 4.08. The lowest BCUT2D eigenvalue weighted by Crippen LogP contribution is -2.45. The monoisotopic (exact) mass is 206 g/mol. The number of quaternary nitrogens is 1. The highest BCUT2D eigenvalue weighted by Crippen LogP contribution is 2.04. The van der Waals surface area contributed by atoms with E-state index in [4.69, 9.17) is 4.11 Å². The molecule has 82 valence electrons. The number of ether oxygens (including phenoxy) is 1. The normalized spacial score (nSPS) is 17.5.